The monoisotopic (exact) mass is 262 g/mol. The van der Waals surface area contributed by atoms with Crippen molar-refractivity contribution in [2.75, 3.05) is 20.8 Å². The van der Waals surface area contributed by atoms with Crippen LogP contribution in [0.1, 0.15) is 25.3 Å². The van der Waals surface area contributed by atoms with Gasteiger partial charge in [0.1, 0.15) is 11.3 Å². The number of methoxy groups -OCH3 is 1. The van der Waals surface area contributed by atoms with E-state index < -0.39 is 5.54 Å². The number of benzene rings is 1. The molecule has 0 bridgehead atoms. The summed E-state index contributed by atoms with van der Waals surface area (Å²) in [6.07, 6.45) is 1.59. The lowest BCUT2D eigenvalue weighted by atomic mass is 9.98. The number of hydrogen-bond acceptors (Lipinski definition) is 4. The molecular weight excluding hydrogens is 240 g/mol. The maximum absolute atomic E-state index is 9.03. The topological polar surface area (TPSA) is 54.3 Å². The fourth-order valence-corrected chi connectivity index (χ4v) is 1.74. The first kappa shape index (κ1) is 15.5. The van der Waals surface area contributed by atoms with Crippen molar-refractivity contribution in [2.24, 2.45) is 0 Å². The fourth-order valence-electron chi connectivity index (χ4n) is 1.74. The average molecular weight is 262 g/mol. The quantitative estimate of drug-likeness (QED) is 0.731. The summed E-state index contributed by atoms with van der Waals surface area (Å²) in [5.41, 5.74) is 0.624. The standard InChI is InChI=1S/C15H22N2O2/c1-15(12-16,17-2)8-5-9-19-14-7-4-6-13(10-14)11-18-3/h4,6-7,10,17H,5,8-9,11H2,1-3H3. The van der Waals surface area contributed by atoms with Crippen LogP contribution in [0.15, 0.2) is 24.3 Å². The Morgan fingerprint density at radius 2 is 2.21 bits per heavy atom. The van der Waals surface area contributed by atoms with Crippen LogP contribution in [0.25, 0.3) is 0 Å². The minimum atomic E-state index is -0.471. The first-order chi connectivity index (χ1) is 9.13. The van der Waals surface area contributed by atoms with Gasteiger partial charge in [-0.2, -0.15) is 5.26 Å². The molecule has 1 atom stereocenters. The molecule has 1 N–H and O–H groups in total. The highest BCUT2D eigenvalue weighted by atomic mass is 16.5. The number of nitrogens with one attached hydrogen (secondary N) is 1. The maximum atomic E-state index is 9.03. The molecule has 4 heteroatoms. The summed E-state index contributed by atoms with van der Waals surface area (Å²) in [6.45, 7) is 3.09. The molecule has 0 aromatic heterocycles. The van der Waals surface area contributed by atoms with Gasteiger partial charge in [-0.3, -0.25) is 0 Å². The number of rotatable bonds is 8. The van der Waals surface area contributed by atoms with Crippen LogP contribution in [0.2, 0.25) is 0 Å². The van der Waals surface area contributed by atoms with Gasteiger partial charge in [-0.05, 0) is 44.5 Å². The van der Waals surface area contributed by atoms with E-state index in [-0.39, 0.29) is 0 Å². The Balaban J connectivity index is 2.37. The molecule has 1 aromatic carbocycles. The van der Waals surface area contributed by atoms with E-state index in [0.29, 0.717) is 13.2 Å². The molecule has 4 nitrogen and oxygen atoms in total. The largest absolute Gasteiger partial charge is 0.494 e. The van der Waals surface area contributed by atoms with E-state index in [2.05, 4.69) is 11.4 Å². The minimum absolute atomic E-state index is 0.471. The summed E-state index contributed by atoms with van der Waals surface area (Å²) in [4.78, 5) is 0. The van der Waals surface area contributed by atoms with Crippen LogP contribution in [0.5, 0.6) is 5.75 Å². The summed E-state index contributed by atoms with van der Waals surface area (Å²) in [7, 11) is 3.48. The van der Waals surface area contributed by atoms with Gasteiger partial charge in [-0.15, -0.1) is 0 Å². The van der Waals surface area contributed by atoms with Gasteiger partial charge in [0, 0.05) is 7.11 Å². The van der Waals surface area contributed by atoms with Crippen LogP contribution >= 0.6 is 0 Å². The van der Waals surface area contributed by atoms with Crippen molar-refractivity contribution in [2.45, 2.75) is 31.9 Å². The van der Waals surface area contributed by atoms with E-state index in [1.54, 1.807) is 14.2 Å². The lowest BCUT2D eigenvalue weighted by molar-refractivity contribution is 0.184. The summed E-state index contributed by atoms with van der Waals surface area (Å²) in [6, 6.07) is 10.1. The van der Waals surface area contributed by atoms with E-state index in [0.717, 1.165) is 24.2 Å². The smallest absolute Gasteiger partial charge is 0.119 e. The Labute approximate surface area is 115 Å². The minimum Gasteiger partial charge on any atom is -0.494 e. The van der Waals surface area contributed by atoms with Crippen LogP contribution in [-0.4, -0.2) is 26.3 Å². The van der Waals surface area contributed by atoms with Crippen LogP contribution in [-0.2, 0) is 11.3 Å². The van der Waals surface area contributed by atoms with Gasteiger partial charge in [0.15, 0.2) is 0 Å². The number of nitrogens with zero attached hydrogens (tertiary/aromatic N) is 1. The Bertz CT molecular complexity index is 428. The molecule has 104 valence electrons. The van der Waals surface area contributed by atoms with E-state index in [1.807, 2.05) is 31.2 Å². The molecule has 0 aliphatic rings. The zero-order valence-corrected chi connectivity index (χ0v) is 11.9. The van der Waals surface area contributed by atoms with E-state index in [1.165, 1.54) is 0 Å². The summed E-state index contributed by atoms with van der Waals surface area (Å²) in [5.74, 6) is 0.845. The van der Waals surface area contributed by atoms with Gasteiger partial charge < -0.3 is 14.8 Å². The summed E-state index contributed by atoms with van der Waals surface area (Å²) < 4.78 is 10.8. The second-order valence-electron chi connectivity index (χ2n) is 4.73. The second-order valence-corrected chi connectivity index (χ2v) is 4.73. The molecule has 1 rings (SSSR count). The third kappa shape index (κ3) is 5.29. The van der Waals surface area contributed by atoms with Gasteiger partial charge >= 0.3 is 0 Å². The third-order valence-electron chi connectivity index (χ3n) is 3.10. The Morgan fingerprint density at radius 1 is 1.42 bits per heavy atom. The predicted octanol–water partition coefficient (Wildman–Crippen LogP) is 2.49. The van der Waals surface area contributed by atoms with Crippen molar-refractivity contribution in [3.63, 3.8) is 0 Å². The molecule has 0 saturated carbocycles. The zero-order chi connectivity index (χ0) is 14.1. The van der Waals surface area contributed by atoms with Crippen molar-refractivity contribution in [1.82, 2.24) is 5.32 Å². The Hall–Kier alpha value is -1.57. The molecule has 1 aromatic rings. The molecule has 0 amide bonds. The molecule has 0 aliphatic carbocycles. The maximum Gasteiger partial charge on any atom is 0.119 e. The van der Waals surface area contributed by atoms with Crippen molar-refractivity contribution < 1.29 is 9.47 Å². The zero-order valence-electron chi connectivity index (χ0n) is 11.9. The lowest BCUT2D eigenvalue weighted by Crippen LogP contribution is -2.38. The van der Waals surface area contributed by atoms with E-state index >= 15 is 0 Å². The number of hydrogen-bond donors (Lipinski definition) is 1. The van der Waals surface area contributed by atoms with Crippen molar-refractivity contribution >= 4 is 0 Å². The van der Waals surface area contributed by atoms with Gasteiger partial charge in [0.05, 0.1) is 19.3 Å². The van der Waals surface area contributed by atoms with Crippen LogP contribution < -0.4 is 10.1 Å². The summed E-state index contributed by atoms with van der Waals surface area (Å²) >= 11 is 0. The van der Waals surface area contributed by atoms with E-state index in [9.17, 15) is 0 Å². The highest BCUT2D eigenvalue weighted by molar-refractivity contribution is 5.28. The summed E-state index contributed by atoms with van der Waals surface area (Å²) in [5, 5.41) is 12.0. The van der Waals surface area contributed by atoms with Gasteiger partial charge in [0.2, 0.25) is 0 Å². The predicted molar refractivity (Wildman–Crippen MR) is 75.0 cm³/mol. The van der Waals surface area contributed by atoms with Crippen LogP contribution in [0, 0.1) is 11.3 Å². The Kier molecular flexibility index (Phi) is 6.34. The van der Waals surface area contributed by atoms with Gasteiger partial charge in [-0.25, -0.2) is 0 Å². The van der Waals surface area contributed by atoms with Gasteiger partial charge in [-0.1, -0.05) is 12.1 Å². The molecule has 0 fully saturated rings. The van der Waals surface area contributed by atoms with Gasteiger partial charge in [0.25, 0.3) is 0 Å². The van der Waals surface area contributed by atoms with Crippen molar-refractivity contribution in [3.05, 3.63) is 29.8 Å². The second kappa shape index (κ2) is 7.78. The number of ether oxygens (including phenoxy) is 2. The van der Waals surface area contributed by atoms with Crippen molar-refractivity contribution in [3.8, 4) is 11.8 Å². The molecule has 0 heterocycles. The van der Waals surface area contributed by atoms with Crippen LogP contribution in [0.4, 0.5) is 0 Å². The molecule has 0 spiro atoms. The molecule has 0 aliphatic heterocycles. The molecule has 0 saturated heterocycles. The molecular formula is C15H22N2O2. The van der Waals surface area contributed by atoms with E-state index in [4.69, 9.17) is 14.7 Å². The first-order valence-corrected chi connectivity index (χ1v) is 6.44. The normalized spacial score (nSPS) is 13.6. The highest BCUT2D eigenvalue weighted by Gasteiger charge is 2.19. The average Bonchev–Trinajstić information content (AvgIpc) is 2.44. The van der Waals surface area contributed by atoms with Crippen LogP contribution in [0.3, 0.4) is 0 Å². The number of nitriles is 1. The first-order valence-electron chi connectivity index (χ1n) is 6.44. The SMILES string of the molecule is CNC(C)(C#N)CCCOc1cccc(COC)c1. The van der Waals surface area contributed by atoms with Crippen molar-refractivity contribution in [1.29, 1.82) is 5.26 Å². The Morgan fingerprint density at radius 3 is 2.84 bits per heavy atom. The molecule has 0 radical (unpaired) electrons. The molecule has 19 heavy (non-hydrogen) atoms. The highest BCUT2D eigenvalue weighted by Crippen LogP contribution is 2.16. The molecule has 1 unspecified atom stereocenters. The third-order valence-corrected chi connectivity index (χ3v) is 3.10. The fraction of sp³-hybridized carbons (Fsp3) is 0.533. The lowest BCUT2D eigenvalue weighted by Gasteiger charge is -2.20.